The molecule has 0 bridgehead atoms. The summed E-state index contributed by atoms with van der Waals surface area (Å²) in [4.78, 5) is 28.4. The van der Waals surface area contributed by atoms with Gasteiger partial charge in [0.15, 0.2) is 11.5 Å². The molecule has 1 atom stereocenters. The highest BCUT2D eigenvalue weighted by molar-refractivity contribution is 7.10. The number of carbonyl (C=O) groups is 2. The zero-order valence-corrected chi connectivity index (χ0v) is 16.6. The van der Waals surface area contributed by atoms with Crippen LogP contribution in [-0.2, 0) is 22.6 Å². The van der Waals surface area contributed by atoms with E-state index in [2.05, 4.69) is 0 Å². The van der Waals surface area contributed by atoms with Gasteiger partial charge in [0.05, 0.1) is 11.6 Å². The van der Waals surface area contributed by atoms with Gasteiger partial charge in [0.1, 0.15) is 0 Å². The number of aryl methyl sites for hydroxylation is 1. The molecule has 1 unspecified atom stereocenters. The van der Waals surface area contributed by atoms with Gasteiger partial charge in [-0.2, -0.15) is 0 Å². The van der Waals surface area contributed by atoms with Crippen molar-refractivity contribution in [2.24, 2.45) is 0 Å². The van der Waals surface area contributed by atoms with E-state index in [9.17, 15) is 14.7 Å². The van der Waals surface area contributed by atoms with Crippen molar-refractivity contribution in [2.45, 2.75) is 25.4 Å². The summed E-state index contributed by atoms with van der Waals surface area (Å²) in [6.45, 7) is 0.335. The summed E-state index contributed by atoms with van der Waals surface area (Å²) in [5, 5.41) is 12.5. The van der Waals surface area contributed by atoms with Gasteiger partial charge < -0.3 is 10.0 Å². The minimum Gasteiger partial charge on any atom is -0.503 e. The molecule has 0 aliphatic carbocycles. The predicted molar refractivity (Wildman–Crippen MR) is 113 cm³/mol. The first-order valence-electron chi connectivity index (χ1n) is 9.53. The number of ketones is 1. The van der Waals surface area contributed by atoms with E-state index in [1.54, 1.807) is 4.90 Å². The van der Waals surface area contributed by atoms with E-state index in [0.29, 0.717) is 13.0 Å². The van der Waals surface area contributed by atoms with Crippen molar-refractivity contribution in [1.82, 2.24) is 4.90 Å². The summed E-state index contributed by atoms with van der Waals surface area (Å²) in [6.07, 6.45) is 0.818. The monoisotopic (exact) mass is 403 g/mol. The van der Waals surface area contributed by atoms with Crippen LogP contribution in [-0.4, -0.2) is 21.7 Å². The van der Waals surface area contributed by atoms with Crippen LogP contribution in [0.3, 0.4) is 0 Å². The molecule has 1 N–H and O–H groups in total. The molecule has 29 heavy (non-hydrogen) atoms. The molecule has 0 saturated heterocycles. The lowest BCUT2D eigenvalue weighted by atomic mass is 9.97. The van der Waals surface area contributed by atoms with Crippen LogP contribution in [0.25, 0.3) is 0 Å². The van der Waals surface area contributed by atoms with Crippen LogP contribution < -0.4 is 0 Å². The molecule has 4 nitrogen and oxygen atoms in total. The zero-order valence-electron chi connectivity index (χ0n) is 15.8. The number of aliphatic hydroxyl groups is 1. The number of rotatable bonds is 7. The van der Waals surface area contributed by atoms with E-state index in [1.165, 1.54) is 11.3 Å². The van der Waals surface area contributed by atoms with Gasteiger partial charge in [0.25, 0.3) is 5.91 Å². The van der Waals surface area contributed by atoms with Crippen molar-refractivity contribution in [1.29, 1.82) is 0 Å². The number of thiophene rings is 1. The Hall–Kier alpha value is -3.18. The van der Waals surface area contributed by atoms with Crippen LogP contribution in [0.5, 0.6) is 0 Å². The molecule has 4 rings (SSSR count). The first-order valence-corrected chi connectivity index (χ1v) is 10.4. The van der Waals surface area contributed by atoms with Gasteiger partial charge in [-0.05, 0) is 29.0 Å². The van der Waals surface area contributed by atoms with Crippen molar-refractivity contribution < 1.29 is 14.7 Å². The Morgan fingerprint density at radius 3 is 2.21 bits per heavy atom. The van der Waals surface area contributed by atoms with Crippen LogP contribution in [0, 0.1) is 0 Å². The largest absolute Gasteiger partial charge is 0.503 e. The number of benzene rings is 2. The molecule has 146 valence electrons. The van der Waals surface area contributed by atoms with E-state index >= 15 is 0 Å². The van der Waals surface area contributed by atoms with E-state index < -0.39 is 17.7 Å². The Balaban J connectivity index is 1.62. The minimum absolute atomic E-state index is 0.186. The Kier molecular flexibility index (Phi) is 5.58. The maximum atomic E-state index is 13.1. The van der Waals surface area contributed by atoms with Crippen LogP contribution >= 0.6 is 11.3 Å². The average molecular weight is 404 g/mol. The van der Waals surface area contributed by atoms with Crippen molar-refractivity contribution in [3.8, 4) is 0 Å². The number of carbonyl (C=O) groups excluding carboxylic acids is 2. The Bertz CT molecular complexity index is 1030. The van der Waals surface area contributed by atoms with Crippen molar-refractivity contribution in [2.75, 3.05) is 0 Å². The Morgan fingerprint density at radius 1 is 0.931 bits per heavy atom. The highest BCUT2D eigenvalue weighted by atomic mass is 32.1. The van der Waals surface area contributed by atoms with Gasteiger partial charge in [-0.3, -0.25) is 9.59 Å². The third kappa shape index (κ3) is 4.00. The molecule has 5 heteroatoms. The fourth-order valence-corrected chi connectivity index (χ4v) is 4.51. The third-order valence-corrected chi connectivity index (χ3v) is 6.02. The quantitative estimate of drug-likeness (QED) is 0.614. The average Bonchev–Trinajstić information content (AvgIpc) is 3.36. The topological polar surface area (TPSA) is 57.6 Å². The van der Waals surface area contributed by atoms with Gasteiger partial charge >= 0.3 is 0 Å². The number of aliphatic hydroxyl groups excluding tert-OH is 1. The van der Waals surface area contributed by atoms with Gasteiger partial charge in [0, 0.05) is 17.8 Å². The summed E-state index contributed by atoms with van der Waals surface area (Å²) >= 11 is 1.48. The second-order valence-corrected chi connectivity index (χ2v) is 7.99. The molecule has 2 aromatic carbocycles. The van der Waals surface area contributed by atoms with Gasteiger partial charge in [-0.25, -0.2) is 0 Å². The maximum absolute atomic E-state index is 13.1. The lowest BCUT2D eigenvalue weighted by molar-refractivity contribution is -0.130. The molecule has 0 fully saturated rings. The maximum Gasteiger partial charge on any atom is 0.290 e. The second kappa shape index (κ2) is 8.45. The molecular weight excluding hydrogens is 382 g/mol. The highest BCUT2D eigenvalue weighted by Gasteiger charge is 2.43. The molecule has 1 aliphatic heterocycles. The number of nitrogens with zero attached hydrogens (tertiary/aromatic N) is 1. The van der Waals surface area contributed by atoms with Crippen LogP contribution in [0.2, 0.25) is 0 Å². The molecule has 2 heterocycles. The summed E-state index contributed by atoms with van der Waals surface area (Å²) < 4.78 is 0. The van der Waals surface area contributed by atoms with Gasteiger partial charge in [-0.1, -0.05) is 66.7 Å². The zero-order chi connectivity index (χ0) is 20.2. The summed E-state index contributed by atoms with van der Waals surface area (Å²) in [7, 11) is 0. The van der Waals surface area contributed by atoms with Gasteiger partial charge in [-0.15, -0.1) is 11.3 Å². The molecule has 0 radical (unpaired) electrons. The normalized spacial score (nSPS) is 16.5. The van der Waals surface area contributed by atoms with E-state index in [-0.39, 0.29) is 17.8 Å². The molecule has 0 spiro atoms. The standard InChI is InChI=1S/C24H21NO3S/c26-19(14-13-17-8-3-1-4-9-17)21-22(20-12-7-15-29-20)25(24(28)23(21)27)16-18-10-5-2-6-11-18/h1-12,15,22,27H,13-14,16H2. The molecule has 1 amide bonds. The summed E-state index contributed by atoms with van der Waals surface area (Å²) in [5.74, 6) is -1.10. The number of hydrogen-bond donors (Lipinski definition) is 1. The third-order valence-electron chi connectivity index (χ3n) is 5.10. The predicted octanol–water partition coefficient (Wildman–Crippen LogP) is 4.85. The van der Waals surface area contributed by atoms with E-state index in [4.69, 9.17) is 0 Å². The first-order chi connectivity index (χ1) is 14.1. The SMILES string of the molecule is O=C(CCc1ccccc1)C1=C(O)C(=O)N(Cc2ccccc2)C1c1cccs1. The summed E-state index contributed by atoms with van der Waals surface area (Å²) in [6, 6.07) is 22.6. The smallest absolute Gasteiger partial charge is 0.290 e. The lowest BCUT2D eigenvalue weighted by Gasteiger charge is -2.25. The number of amides is 1. The highest BCUT2D eigenvalue weighted by Crippen LogP contribution is 2.41. The molecular formula is C24H21NO3S. The lowest BCUT2D eigenvalue weighted by Crippen LogP contribution is -2.30. The van der Waals surface area contributed by atoms with E-state index in [0.717, 1.165) is 16.0 Å². The van der Waals surface area contributed by atoms with Gasteiger partial charge in [0.2, 0.25) is 0 Å². The Labute approximate surface area is 173 Å². The minimum atomic E-state index is -0.550. The summed E-state index contributed by atoms with van der Waals surface area (Å²) in [5.41, 5.74) is 2.22. The number of hydrogen-bond acceptors (Lipinski definition) is 4. The number of Topliss-reactive ketones (excluding diaryl/α,β-unsaturated/α-hetero) is 1. The van der Waals surface area contributed by atoms with Crippen LogP contribution in [0.4, 0.5) is 0 Å². The second-order valence-electron chi connectivity index (χ2n) is 7.01. The van der Waals surface area contributed by atoms with Crippen molar-refractivity contribution >= 4 is 23.0 Å². The fraction of sp³-hybridized carbons (Fsp3) is 0.167. The fourth-order valence-electron chi connectivity index (χ4n) is 3.66. The molecule has 0 saturated carbocycles. The molecule has 3 aromatic rings. The van der Waals surface area contributed by atoms with Crippen LogP contribution in [0.15, 0.2) is 89.5 Å². The first kappa shape index (κ1) is 19.2. The van der Waals surface area contributed by atoms with Crippen molar-refractivity contribution in [3.63, 3.8) is 0 Å². The Morgan fingerprint density at radius 2 is 1.59 bits per heavy atom. The van der Waals surface area contributed by atoms with E-state index in [1.807, 2.05) is 78.2 Å². The van der Waals surface area contributed by atoms with Crippen LogP contribution in [0.1, 0.15) is 28.5 Å². The molecule has 1 aliphatic rings. The molecule has 1 aromatic heterocycles. The van der Waals surface area contributed by atoms with Crippen molar-refractivity contribution in [3.05, 3.63) is 106 Å².